The third kappa shape index (κ3) is 5.26. The second kappa shape index (κ2) is 7.56. The molecule has 0 aliphatic carbocycles. The molecule has 1 heterocycles. The van der Waals surface area contributed by atoms with Gasteiger partial charge in [-0.1, -0.05) is 6.92 Å². The van der Waals surface area contributed by atoms with Crippen molar-refractivity contribution in [2.45, 2.75) is 19.8 Å². The van der Waals surface area contributed by atoms with Gasteiger partial charge in [-0.15, -0.1) is 0 Å². The Morgan fingerprint density at radius 1 is 1.53 bits per heavy atom. The highest BCUT2D eigenvalue weighted by molar-refractivity contribution is 5.43. The third-order valence-electron chi connectivity index (χ3n) is 2.07. The van der Waals surface area contributed by atoms with E-state index in [9.17, 15) is 10.1 Å². The van der Waals surface area contributed by atoms with Gasteiger partial charge in [0.15, 0.2) is 0 Å². The molecular weight excluding hydrogens is 222 g/mol. The van der Waals surface area contributed by atoms with Crippen molar-refractivity contribution >= 4 is 11.5 Å². The molecule has 0 radical (unpaired) electrons. The predicted octanol–water partition coefficient (Wildman–Crippen LogP) is 2.22. The van der Waals surface area contributed by atoms with Crippen molar-refractivity contribution in [3.05, 3.63) is 28.4 Å². The van der Waals surface area contributed by atoms with Crippen LogP contribution in [0, 0.1) is 10.1 Å². The molecule has 1 rings (SSSR count). The van der Waals surface area contributed by atoms with E-state index in [2.05, 4.69) is 17.2 Å². The van der Waals surface area contributed by atoms with E-state index in [1.807, 2.05) is 0 Å². The molecule has 0 amide bonds. The summed E-state index contributed by atoms with van der Waals surface area (Å²) in [5.74, 6) is 0.523. The zero-order valence-electron chi connectivity index (χ0n) is 9.89. The average molecular weight is 239 g/mol. The number of hydrogen-bond donors (Lipinski definition) is 1. The number of rotatable bonds is 8. The van der Waals surface area contributed by atoms with Crippen LogP contribution in [-0.4, -0.2) is 29.7 Å². The van der Waals surface area contributed by atoms with Crippen molar-refractivity contribution in [2.75, 3.05) is 25.1 Å². The summed E-state index contributed by atoms with van der Waals surface area (Å²) in [6, 6.07) is 2.79. The van der Waals surface area contributed by atoms with Crippen molar-refractivity contribution in [3.63, 3.8) is 0 Å². The topological polar surface area (TPSA) is 77.3 Å². The number of nitrogens with zero attached hydrogens (tertiary/aromatic N) is 2. The lowest BCUT2D eigenvalue weighted by Gasteiger charge is -2.05. The van der Waals surface area contributed by atoms with Crippen LogP contribution in [-0.2, 0) is 4.74 Å². The van der Waals surface area contributed by atoms with Crippen LogP contribution < -0.4 is 5.32 Å². The van der Waals surface area contributed by atoms with Crippen LogP contribution in [0.4, 0.5) is 11.5 Å². The Bertz CT molecular complexity index is 358. The van der Waals surface area contributed by atoms with Crippen molar-refractivity contribution in [1.29, 1.82) is 0 Å². The van der Waals surface area contributed by atoms with Gasteiger partial charge in [0.1, 0.15) is 5.82 Å². The maximum atomic E-state index is 10.5. The summed E-state index contributed by atoms with van der Waals surface area (Å²) in [4.78, 5) is 14.1. The van der Waals surface area contributed by atoms with Crippen molar-refractivity contribution in [2.24, 2.45) is 0 Å². The molecule has 94 valence electrons. The number of anilines is 1. The Morgan fingerprint density at radius 3 is 3.06 bits per heavy atom. The molecule has 0 aromatic carbocycles. The fourth-order valence-electron chi connectivity index (χ4n) is 1.27. The molecule has 0 saturated carbocycles. The van der Waals surface area contributed by atoms with Gasteiger partial charge < -0.3 is 10.1 Å². The summed E-state index contributed by atoms with van der Waals surface area (Å²) in [6.07, 6.45) is 3.29. The van der Waals surface area contributed by atoms with Crippen LogP contribution in [0.2, 0.25) is 0 Å². The fourth-order valence-corrected chi connectivity index (χ4v) is 1.27. The zero-order valence-corrected chi connectivity index (χ0v) is 9.89. The third-order valence-corrected chi connectivity index (χ3v) is 2.07. The summed E-state index contributed by atoms with van der Waals surface area (Å²) in [6.45, 7) is 4.22. The van der Waals surface area contributed by atoms with Crippen molar-refractivity contribution < 1.29 is 9.66 Å². The van der Waals surface area contributed by atoms with Gasteiger partial charge in [0.25, 0.3) is 5.69 Å². The first-order valence-corrected chi connectivity index (χ1v) is 5.66. The zero-order chi connectivity index (χ0) is 12.5. The Hall–Kier alpha value is -1.69. The summed E-state index contributed by atoms with van der Waals surface area (Å²) < 4.78 is 5.31. The van der Waals surface area contributed by atoms with Crippen LogP contribution in [0.5, 0.6) is 0 Å². The highest BCUT2D eigenvalue weighted by Crippen LogP contribution is 2.13. The quantitative estimate of drug-likeness (QED) is 0.427. The van der Waals surface area contributed by atoms with Gasteiger partial charge >= 0.3 is 0 Å². The Kier molecular flexibility index (Phi) is 5.95. The van der Waals surface area contributed by atoms with Gasteiger partial charge in [0.05, 0.1) is 11.0 Å². The molecule has 6 heteroatoms. The van der Waals surface area contributed by atoms with Crippen LogP contribution in [0.1, 0.15) is 19.8 Å². The molecule has 0 fully saturated rings. The van der Waals surface area contributed by atoms with Crippen LogP contribution in [0.15, 0.2) is 18.3 Å². The maximum Gasteiger partial charge on any atom is 0.274 e. The van der Waals surface area contributed by atoms with Crippen LogP contribution in [0.25, 0.3) is 0 Å². The normalized spacial score (nSPS) is 10.2. The van der Waals surface area contributed by atoms with Gasteiger partial charge in [-0.3, -0.25) is 10.1 Å². The van der Waals surface area contributed by atoms with Crippen LogP contribution in [0.3, 0.4) is 0 Å². The molecular formula is C11H17N3O3. The Labute approximate surface area is 100 Å². The highest BCUT2D eigenvalue weighted by atomic mass is 16.6. The van der Waals surface area contributed by atoms with E-state index < -0.39 is 4.92 Å². The molecule has 0 aliphatic rings. The minimum Gasteiger partial charge on any atom is -0.381 e. The largest absolute Gasteiger partial charge is 0.381 e. The summed E-state index contributed by atoms with van der Waals surface area (Å²) in [7, 11) is 0. The van der Waals surface area contributed by atoms with E-state index in [0.717, 1.165) is 19.4 Å². The number of aromatic nitrogens is 1. The molecule has 0 spiro atoms. The number of nitro groups is 1. The highest BCUT2D eigenvalue weighted by Gasteiger charge is 2.05. The molecule has 0 saturated heterocycles. The molecule has 1 aromatic rings. The lowest BCUT2D eigenvalue weighted by Crippen LogP contribution is -2.07. The van der Waals surface area contributed by atoms with E-state index in [4.69, 9.17) is 4.74 Å². The smallest absolute Gasteiger partial charge is 0.274 e. The lowest BCUT2D eigenvalue weighted by molar-refractivity contribution is -0.384. The molecule has 17 heavy (non-hydrogen) atoms. The predicted molar refractivity (Wildman–Crippen MR) is 65.1 cm³/mol. The van der Waals surface area contributed by atoms with Gasteiger partial charge in [0, 0.05) is 32.0 Å². The van der Waals surface area contributed by atoms with E-state index in [1.165, 1.54) is 18.3 Å². The standard InChI is InChI=1S/C11H17N3O3/c1-2-7-17-8-3-5-12-11-9-10(14(15)16)4-6-13-11/h4,6,9H,2-3,5,7-8H2,1H3,(H,12,13). The number of nitrogens with one attached hydrogen (secondary N) is 1. The molecule has 0 bridgehead atoms. The Balaban J connectivity index is 2.27. The number of pyridine rings is 1. The second-order valence-corrected chi connectivity index (χ2v) is 3.55. The van der Waals surface area contributed by atoms with E-state index in [0.29, 0.717) is 19.0 Å². The monoisotopic (exact) mass is 239 g/mol. The fraction of sp³-hybridized carbons (Fsp3) is 0.545. The molecule has 6 nitrogen and oxygen atoms in total. The molecule has 0 unspecified atom stereocenters. The number of hydrogen-bond acceptors (Lipinski definition) is 5. The summed E-state index contributed by atoms with van der Waals surface area (Å²) >= 11 is 0. The minimum atomic E-state index is -0.433. The summed E-state index contributed by atoms with van der Waals surface area (Å²) in [5, 5.41) is 13.6. The SMILES string of the molecule is CCCOCCCNc1cc([N+](=O)[O-])ccn1. The van der Waals surface area contributed by atoms with Gasteiger partial charge in [-0.05, 0) is 12.8 Å². The molecule has 0 aliphatic heterocycles. The molecule has 1 N–H and O–H groups in total. The molecule has 0 atom stereocenters. The van der Waals surface area contributed by atoms with Crippen LogP contribution >= 0.6 is 0 Å². The van der Waals surface area contributed by atoms with Crippen molar-refractivity contribution in [1.82, 2.24) is 4.98 Å². The summed E-state index contributed by atoms with van der Waals surface area (Å²) in [5.41, 5.74) is 0.0460. The van der Waals surface area contributed by atoms with E-state index in [-0.39, 0.29) is 5.69 Å². The first kappa shape index (κ1) is 13.4. The first-order valence-electron chi connectivity index (χ1n) is 5.66. The van der Waals surface area contributed by atoms with E-state index in [1.54, 1.807) is 0 Å². The average Bonchev–Trinajstić information content (AvgIpc) is 2.34. The van der Waals surface area contributed by atoms with Gasteiger partial charge in [0.2, 0.25) is 0 Å². The lowest BCUT2D eigenvalue weighted by atomic mass is 10.4. The van der Waals surface area contributed by atoms with Gasteiger partial charge in [-0.2, -0.15) is 0 Å². The van der Waals surface area contributed by atoms with Crippen molar-refractivity contribution in [3.8, 4) is 0 Å². The number of ether oxygens (including phenoxy) is 1. The second-order valence-electron chi connectivity index (χ2n) is 3.55. The molecule has 1 aromatic heterocycles. The first-order chi connectivity index (χ1) is 8.24. The Morgan fingerprint density at radius 2 is 2.35 bits per heavy atom. The van der Waals surface area contributed by atoms with E-state index >= 15 is 0 Å². The minimum absolute atomic E-state index is 0.0460. The maximum absolute atomic E-state index is 10.5. The van der Waals surface area contributed by atoms with Gasteiger partial charge in [-0.25, -0.2) is 4.98 Å².